The van der Waals surface area contributed by atoms with Gasteiger partial charge in [0, 0.05) is 30.5 Å². The van der Waals surface area contributed by atoms with Crippen LogP contribution in [0.25, 0.3) is 0 Å². The molecule has 0 radical (unpaired) electrons. The first-order chi connectivity index (χ1) is 17.3. The van der Waals surface area contributed by atoms with Gasteiger partial charge in [0.2, 0.25) is 11.8 Å². The number of anilines is 1. The summed E-state index contributed by atoms with van der Waals surface area (Å²) < 4.78 is 0. The monoisotopic (exact) mass is 491 g/mol. The van der Waals surface area contributed by atoms with Crippen molar-refractivity contribution in [3.05, 3.63) is 58.9 Å². The largest absolute Gasteiger partial charge is 0.348 e. The zero-order chi connectivity index (χ0) is 25.8. The van der Waals surface area contributed by atoms with Crippen molar-refractivity contribution in [2.75, 3.05) is 11.9 Å². The highest BCUT2D eigenvalue weighted by Crippen LogP contribution is 2.28. The van der Waals surface area contributed by atoms with Gasteiger partial charge in [-0.05, 0) is 55.5 Å². The number of piperidine rings is 1. The number of carbonyl (C=O) groups excluding carboxylic acids is 6. The number of nitrogens with one attached hydrogen (secondary N) is 3. The molecule has 3 heterocycles. The van der Waals surface area contributed by atoms with Crippen molar-refractivity contribution in [1.82, 2.24) is 20.5 Å². The molecule has 2 aromatic rings. The second-order valence-corrected chi connectivity index (χ2v) is 8.53. The molecule has 1 atom stereocenters. The summed E-state index contributed by atoms with van der Waals surface area (Å²) in [4.78, 5) is 78.5. The molecular formula is C25H25N5O6. The Morgan fingerprint density at radius 1 is 1.06 bits per heavy atom. The van der Waals surface area contributed by atoms with Crippen molar-refractivity contribution in [1.29, 1.82) is 0 Å². The highest BCUT2D eigenvalue weighted by atomic mass is 16.2. The maximum atomic E-state index is 12.9. The third kappa shape index (κ3) is 5.14. The zero-order valence-electron chi connectivity index (χ0n) is 19.6. The first-order valence-electron chi connectivity index (χ1n) is 11.7. The lowest BCUT2D eigenvalue weighted by Gasteiger charge is -2.27. The molecule has 1 aromatic carbocycles. The minimum Gasteiger partial charge on any atom is -0.348 e. The Balaban J connectivity index is 1.29. The number of carbonyl (C=O) groups is 6. The van der Waals surface area contributed by atoms with Gasteiger partial charge in [-0.3, -0.25) is 44.0 Å². The van der Waals surface area contributed by atoms with Gasteiger partial charge in [-0.25, -0.2) is 0 Å². The van der Waals surface area contributed by atoms with E-state index in [1.807, 2.05) is 6.92 Å². The fourth-order valence-electron chi connectivity index (χ4n) is 4.19. The smallest absolute Gasteiger partial charge is 0.313 e. The minimum absolute atomic E-state index is 0.0567. The summed E-state index contributed by atoms with van der Waals surface area (Å²) in [5.74, 6) is -3.76. The summed E-state index contributed by atoms with van der Waals surface area (Å²) in [6.45, 7) is 2.17. The summed E-state index contributed by atoms with van der Waals surface area (Å²) >= 11 is 0. The van der Waals surface area contributed by atoms with Crippen molar-refractivity contribution < 1.29 is 28.8 Å². The number of hydrogen-bond donors (Lipinski definition) is 3. The summed E-state index contributed by atoms with van der Waals surface area (Å²) in [5, 5.41) is 7.26. The van der Waals surface area contributed by atoms with Crippen molar-refractivity contribution in [2.45, 2.75) is 45.1 Å². The van der Waals surface area contributed by atoms with Crippen LogP contribution in [0.4, 0.5) is 5.69 Å². The van der Waals surface area contributed by atoms with Crippen LogP contribution in [0.15, 0.2) is 36.5 Å². The van der Waals surface area contributed by atoms with Gasteiger partial charge in [0.05, 0.1) is 11.1 Å². The van der Waals surface area contributed by atoms with Crippen molar-refractivity contribution in [3.63, 3.8) is 0 Å². The fourth-order valence-corrected chi connectivity index (χ4v) is 4.19. The molecule has 0 bridgehead atoms. The van der Waals surface area contributed by atoms with E-state index in [1.54, 1.807) is 36.5 Å². The Bertz CT molecular complexity index is 1270. The molecule has 0 saturated carbocycles. The second kappa shape index (κ2) is 10.5. The highest BCUT2D eigenvalue weighted by molar-refractivity contribution is 6.39. The van der Waals surface area contributed by atoms with Crippen LogP contribution in [0.1, 0.15) is 58.2 Å². The molecule has 2 aliphatic heterocycles. The van der Waals surface area contributed by atoms with Crippen molar-refractivity contribution in [2.24, 2.45) is 0 Å². The maximum absolute atomic E-state index is 12.9. The molecule has 4 rings (SSSR count). The molecule has 3 N–H and O–H groups in total. The number of pyridine rings is 1. The number of imide groups is 2. The number of benzene rings is 1. The molecule has 1 fully saturated rings. The lowest BCUT2D eigenvalue weighted by atomic mass is 10.0. The van der Waals surface area contributed by atoms with Crippen molar-refractivity contribution >= 4 is 41.1 Å². The van der Waals surface area contributed by atoms with Crippen molar-refractivity contribution in [3.8, 4) is 0 Å². The normalized spacial score (nSPS) is 17.0. The summed E-state index contributed by atoms with van der Waals surface area (Å²) in [6, 6.07) is 7.15. The number of hydrogen-bond acceptors (Lipinski definition) is 7. The van der Waals surface area contributed by atoms with Crippen LogP contribution in [-0.2, 0) is 32.0 Å². The third-order valence-electron chi connectivity index (χ3n) is 6.07. The molecule has 0 aliphatic carbocycles. The SMILES string of the molecule is CCc1cc(NC(=O)C(=O)NCCCc2ccc3c(c2)C(=O)N(C2CCC(=O)NC2=O)C3=O)ccn1. The molecule has 1 saturated heterocycles. The highest BCUT2D eigenvalue weighted by Gasteiger charge is 2.44. The van der Waals surface area contributed by atoms with Gasteiger partial charge in [0.1, 0.15) is 6.04 Å². The van der Waals surface area contributed by atoms with E-state index in [-0.39, 0.29) is 30.5 Å². The summed E-state index contributed by atoms with van der Waals surface area (Å²) in [7, 11) is 0. The van der Waals surface area contributed by atoms with E-state index in [4.69, 9.17) is 0 Å². The number of aryl methyl sites for hydroxylation is 2. The lowest BCUT2D eigenvalue weighted by molar-refractivity contribution is -0.136. The second-order valence-electron chi connectivity index (χ2n) is 8.53. The topological polar surface area (TPSA) is 155 Å². The predicted molar refractivity (Wildman–Crippen MR) is 127 cm³/mol. The average Bonchev–Trinajstić information content (AvgIpc) is 3.11. The zero-order valence-corrected chi connectivity index (χ0v) is 19.6. The van der Waals surface area contributed by atoms with Gasteiger partial charge >= 0.3 is 11.8 Å². The number of aromatic nitrogens is 1. The number of nitrogens with zero attached hydrogens (tertiary/aromatic N) is 2. The summed E-state index contributed by atoms with van der Waals surface area (Å²) in [6.07, 6.45) is 3.39. The van der Waals surface area contributed by atoms with Gasteiger partial charge in [-0.2, -0.15) is 0 Å². The maximum Gasteiger partial charge on any atom is 0.313 e. The van der Waals surface area contributed by atoms with E-state index < -0.39 is 41.5 Å². The molecule has 6 amide bonds. The van der Waals surface area contributed by atoms with Gasteiger partial charge in [-0.15, -0.1) is 0 Å². The average molecular weight is 492 g/mol. The quantitative estimate of drug-likeness (QED) is 0.293. The molecular weight excluding hydrogens is 466 g/mol. The first kappa shape index (κ1) is 24.7. The van der Waals surface area contributed by atoms with E-state index in [9.17, 15) is 28.8 Å². The molecule has 0 spiro atoms. The van der Waals surface area contributed by atoms with E-state index in [2.05, 4.69) is 20.9 Å². The van der Waals surface area contributed by atoms with E-state index >= 15 is 0 Å². The predicted octanol–water partition coefficient (Wildman–Crippen LogP) is 0.733. The van der Waals surface area contributed by atoms with E-state index in [0.717, 1.165) is 16.2 Å². The van der Waals surface area contributed by atoms with Crippen LogP contribution in [0.5, 0.6) is 0 Å². The first-order valence-corrected chi connectivity index (χ1v) is 11.7. The Hall–Kier alpha value is -4.41. The number of rotatable bonds is 7. The Morgan fingerprint density at radius 3 is 2.58 bits per heavy atom. The van der Waals surface area contributed by atoms with Crippen LogP contribution in [0.2, 0.25) is 0 Å². The summed E-state index contributed by atoms with van der Waals surface area (Å²) in [5.41, 5.74) is 2.46. The molecule has 36 heavy (non-hydrogen) atoms. The molecule has 11 nitrogen and oxygen atoms in total. The van der Waals surface area contributed by atoms with Crippen LogP contribution in [0, 0.1) is 0 Å². The van der Waals surface area contributed by atoms with Crippen LogP contribution in [-0.4, -0.2) is 57.9 Å². The minimum atomic E-state index is -1.01. The molecule has 186 valence electrons. The van der Waals surface area contributed by atoms with Crippen LogP contribution in [0.3, 0.4) is 0 Å². The standard InChI is InChI=1S/C25H25N5O6/c1-2-15-13-16(9-11-26-15)28-23(34)22(33)27-10-3-4-14-5-6-17-18(12-14)25(36)30(24(17)35)19-7-8-20(31)29-21(19)32/h5-6,9,11-13,19H,2-4,7-8,10H2,1H3,(H,27,33)(H,26,28,34)(H,29,31,32). The third-order valence-corrected chi connectivity index (χ3v) is 6.07. The van der Waals surface area contributed by atoms with E-state index in [1.165, 1.54) is 0 Å². The Labute approximate surface area is 206 Å². The number of fused-ring (bicyclic) bond motifs is 1. The molecule has 11 heteroatoms. The fraction of sp³-hybridized carbons (Fsp3) is 0.320. The molecule has 1 unspecified atom stereocenters. The lowest BCUT2D eigenvalue weighted by Crippen LogP contribution is -2.54. The van der Waals surface area contributed by atoms with Gasteiger partial charge in [-0.1, -0.05) is 13.0 Å². The number of amides is 6. The Kier molecular flexibility index (Phi) is 7.18. The molecule has 2 aliphatic rings. The van der Waals surface area contributed by atoms with Gasteiger partial charge in [0.25, 0.3) is 11.8 Å². The van der Waals surface area contributed by atoms with Crippen LogP contribution < -0.4 is 16.0 Å². The Morgan fingerprint density at radius 2 is 1.83 bits per heavy atom. The van der Waals surface area contributed by atoms with Gasteiger partial charge < -0.3 is 10.6 Å². The van der Waals surface area contributed by atoms with Gasteiger partial charge in [0.15, 0.2) is 0 Å². The molecule has 1 aromatic heterocycles. The van der Waals surface area contributed by atoms with E-state index in [0.29, 0.717) is 24.9 Å². The van der Waals surface area contributed by atoms with Crippen LogP contribution >= 0.6 is 0 Å².